The highest BCUT2D eigenvalue weighted by atomic mass is 16.5. The summed E-state index contributed by atoms with van der Waals surface area (Å²) in [6.07, 6.45) is 0. The molecule has 0 fully saturated rings. The minimum Gasteiger partial charge on any atom is -0.493 e. The molecule has 0 atom stereocenters. The summed E-state index contributed by atoms with van der Waals surface area (Å²) in [5.41, 5.74) is 8.44. The number of benzene rings is 1. The quantitative estimate of drug-likeness (QED) is 0.553. The minimum absolute atomic E-state index is 0.317. The van der Waals surface area contributed by atoms with Gasteiger partial charge in [-0.3, -0.25) is 5.32 Å². The van der Waals surface area contributed by atoms with Gasteiger partial charge in [-0.25, -0.2) is 4.99 Å². The van der Waals surface area contributed by atoms with Gasteiger partial charge >= 0.3 is 5.95 Å². The molecule has 7 heteroatoms. The number of methoxy groups -OCH3 is 2. The number of aromatic nitrogens is 2. The first-order chi connectivity index (χ1) is 10.5. The summed E-state index contributed by atoms with van der Waals surface area (Å²) in [5, 5.41) is 3.02. The van der Waals surface area contributed by atoms with Gasteiger partial charge in [0.05, 0.1) is 31.3 Å². The van der Waals surface area contributed by atoms with Crippen molar-refractivity contribution in [2.24, 2.45) is 5.73 Å². The third-order valence-corrected chi connectivity index (χ3v) is 2.89. The summed E-state index contributed by atoms with van der Waals surface area (Å²) in [6, 6.07) is 7.30. The van der Waals surface area contributed by atoms with Crippen LogP contribution in [0.15, 0.2) is 24.3 Å². The maximum atomic E-state index is 5.94. The van der Waals surface area contributed by atoms with Crippen molar-refractivity contribution in [1.82, 2.24) is 9.97 Å². The monoisotopic (exact) mass is 302 g/mol. The van der Waals surface area contributed by atoms with Crippen LogP contribution in [0.25, 0.3) is 0 Å². The molecule has 0 bridgehead atoms. The maximum Gasteiger partial charge on any atom is 0.354 e. The van der Waals surface area contributed by atoms with Crippen LogP contribution in [0.4, 0.5) is 11.6 Å². The molecule has 0 amide bonds. The van der Waals surface area contributed by atoms with Gasteiger partial charge in [0.15, 0.2) is 11.5 Å². The molecule has 22 heavy (non-hydrogen) atoms. The minimum atomic E-state index is 0.317. The number of nitrogens with two attached hydrogens (primary N) is 1. The molecule has 0 saturated carbocycles. The zero-order valence-corrected chi connectivity index (χ0v) is 13.1. The first-order valence-electron chi connectivity index (χ1n) is 6.72. The van der Waals surface area contributed by atoms with E-state index in [1.165, 1.54) is 0 Å². The molecule has 0 aliphatic rings. The number of anilines is 1. The second-order valence-electron chi connectivity index (χ2n) is 4.71. The lowest BCUT2D eigenvalue weighted by atomic mass is 10.3. The molecule has 1 aromatic heterocycles. The highest BCUT2D eigenvalue weighted by molar-refractivity contribution is 5.88. The Bertz CT molecular complexity index is 680. The van der Waals surface area contributed by atoms with Crippen LogP contribution in [0.1, 0.15) is 11.4 Å². The summed E-state index contributed by atoms with van der Waals surface area (Å²) < 4.78 is 10.4. The van der Waals surface area contributed by atoms with Crippen LogP contribution < -0.4 is 25.5 Å². The lowest BCUT2D eigenvalue weighted by molar-refractivity contribution is -0.365. The van der Waals surface area contributed by atoms with Gasteiger partial charge in [-0.05, 0) is 26.0 Å². The molecule has 0 aliphatic heterocycles. The van der Waals surface area contributed by atoms with Crippen molar-refractivity contribution in [2.45, 2.75) is 13.8 Å². The van der Waals surface area contributed by atoms with Crippen molar-refractivity contribution in [3.8, 4) is 11.5 Å². The normalized spacial score (nSPS) is 11.2. The Balaban J connectivity index is 2.20. The molecule has 2 aromatic rings. The molecule has 4 N–H and O–H groups in total. The zero-order valence-electron chi connectivity index (χ0n) is 13.1. The van der Waals surface area contributed by atoms with E-state index in [1.54, 1.807) is 26.4 Å². The van der Waals surface area contributed by atoms with Gasteiger partial charge in [-0.1, -0.05) is 0 Å². The van der Waals surface area contributed by atoms with E-state index >= 15 is 0 Å². The molecule has 0 unspecified atom stereocenters. The Kier molecular flexibility index (Phi) is 4.77. The van der Waals surface area contributed by atoms with E-state index in [9.17, 15) is 0 Å². The number of nitrogens with one attached hydrogen (secondary N) is 2. The molecule has 0 spiro atoms. The summed E-state index contributed by atoms with van der Waals surface area (Å²) in [7, 11) is 3.17. The van der Waals surface area contributed by atoms with Crippen LogP contribution in [0.2, 0.25) is 0 Å². The van der Waals surface area contributed by atoms with Gasteiger partial charge in [-0.2, -0.15) is 0 Å². The summed E-state index contributed by atoms with van der Waals surface area (Å²) in [4.78, 5) is 11.5. The molecule has 2 rings (SSSR count). The van der Waals surface area contributed by atoms with E-state index < -0.39 is 0 Å². The Morgan fingerprint density at radius 2 is 1.68 bits per heavy atom. The fourth-order valence-corrected chi connectivity index (χ4v) is 2.00. The predicted octanol–water partition coefficient (Wildman–Crippen LogP) is 0.250. The van der Waals surface area contributed by atoms with Gasteiger partial charge in [-0.15, -0.1) is 9.97 Å². The third-order valence-electron chi connectivity index (χ3n) is 2.89. The second-order valence-corrected chi connectivity index (χ2v) is 4.71. The highest BCUT2D eigenvalue weighted by Crippen LogP contribution is 2.29. The summed E-state index contributed by atoms with van der Waals surface area (Å²) in [6.45, 7) is 3.80. The van der Waals surface area contributed by atoms with E-state index in [2.05, 4.69) is 20.3 Å². The molecular formula is C15H20N5O2+. The average molecular weight is 302 g/mol. The number of nitrogens with zero attached hydrogens (tertiary/aromatic N) is 2. The van der Waals surface area contributed by atoms with Crippen molar-refractivity contribution in [2.75, 3.05) is 19.5 Å². The Morgan fingerprint density at radius 1 is 1.05 bits per heavy atom. The molecule has 116 valence electrons. The first-order valence-corrected chi connectivity index (χ1v) is 6.72. The number of hydrogen-bond donors (Lipinski definition) is 3. The van der Waals surface area contributed by atoms with Crippen molar-refractivity contribution in [3.63, 3.8) is 0 Å². The van der Waals surface area contributed by atoms with Crippen molar-refractivity contribution < 1.29 is 14.5 Å². The van der Waals surface area contributed by atoms with Crippen LogP contribution in [0, 0.1) is 13.8 Å². The predicted molar refractivity (Wildman–Crippen MR) is 84.5 cm³/mol. The van der Waals surface area contributed by atoms with Crippen molar-refractivity contribution in [1.29, 1.82) is 0 Å². The van der Waals surface area contributed by atoms with Crippen LogP contribution in [-0.2, 0) is 0 Å². The van der Waals surface area contributed by atoms with Crippen LogP contribution in [0.3, 0.4) is 0 Å². The Morgan fingerprint density at radius 3 is 2.27 bits per heavy atom. The SMILES string of the molecule is COc1ccc(NC(N)=[NH+]c2nc(C)cc(C)n2)cc1OC. The molecule has 0 saturated heterocycles. The van der Waals surface area contributed by atoms with Crippen molar-refractivity contribution in [3.05, 3.63) is 35.7 Å². The van der Waals surface area contributed by atoms with Gasteiger partial charge in [0, 0.05) is 12.1 Å². The van der Waals surface area contributed by atoms with Gasteiger partial charge in [0.25, 0.3) is 5.96 Å². The maximum absolute atomic E-state index is 5.94. The standard InChI is InChI=1S/C15H19N5O2/c1-9-7-10(2)18-15(17-9)20-14(16)19-11-5-6-12(21-3)13(8-11)22-4/h5-8H,1-4H3,(H3,16,17,18,19,20)/p+1. The number of ether oxygens (including phenoxy) is 2. The molecule has 1 aromatic carbocycles. The zero-order chi connectivity index (χ0) is 16.1. The summed E-state index contributed by atoms with van der Waals surface area (Å²) >= 11 is 0. The van der Waals surface area contributed by atoms with Crippen LogP contribution >= 0.6 is 0 Å². The first kappa shape index (κ1) is 15.6. The smallest absolute Gasteiger partial charge is 0.354 e. The van der Waals surface area contributed by atoms with Crippen LogP contribution in [-0.4, -0.2) is 30.1 Å². The molecule has 0 radical (unpaired) electrons. The number of hydrogen-bond acceptors (Lipinski definition) is 4. The van der Waals surface area contributed by atoms with Gasteiger partial charge < -0.3 is 15.2 Å². The Labute approximate surface area is 129 Å². The largest absolute Gasteiger partial charge is 0.493 e. The number of aryl methyl sites for hydroxylation is 2. The number of rotatable bonds is 4. The average Bonchev–Trinajstić information content (AvgIpc) is 2.45. The van der Waals surface area contributed by atoms with E-state index in [1.807, 2.05) is 26.0 Å². The van der Waals surface area contributed by atoms with E-state index in [0.717, 1.165) is 17.1 Å². The topological polar surface area (TPSA) is 96.3 Å². The molecule has 0 aliphatic carbocycles. The van der Waals surface area contributed by atoms with Crippen molar-refractivity contribution >= 4 is 17.6 Å². The number of guanidine groups is 1. The molecular weight excluding hydrogens is 282 g/mol. The van der Waals surface area contributed by atoms with E-state index in [4.69, 9.17) is 15.2 Å². The fraction of sp³-hybridized carbons (Fsp3) is 0.267. The van der Waals surface area contributed by atoms with E-state index in [-0.39, 0.29) is 0 Å². The lowest BCUT2D eigenvalue weighted by Crippen LogP contribution is -2.72. The van der Waals surface area contributed by atoms with E-state index in [0.29, 0.717) is 23.4 Å². The summed E-state index contributed by atoms with van der Waals surface area (Å²) in [5.74, 6) is 2.03. The third kappa shape index (κ3) is 3.85. The highest BCUT2D eigenvalue weighted by Gasteiger charge is 2.08. The molecule has 7 nitrogen and oxygen atoms in total. The lowest BCUT2D eigenvalue weighted by Gasteiger charge is -2.09. The Hall–Kier alpha value is -2.83. The van der Waals surface area contributed by atoms with Gasteiger partial charge in [0.2, 0.25) is 0 Å². The fourth-order valence-electron chi connectivity index (χ4n) is 2.00. The van der Waals surface area contributed by atoms with Gasteiger partial charge in [0.1, 0.15) is 0 Å². The van der Waals surface area contributed by atoms with Crippen LogP contribution in [0.5, 0.6) is 11.5 Å². The second kappa shape index (κ2) is 6.75. The molecule has 1 heterocycles.